The van der Waals surface area contributed by atoms with E-state index in [-0.39, 0.29) is 44.5 Å². The van der Waals surface area contributed by atoms with Crippen molar-refractivity contribution in [1.82, 2.24) is 10.2 Å². The van der Waals surface area contributed by atoms with Crippen molar-refractivity contribution >= 4 is 27.5 Å². The number of hydrogen-bond acceptors (Lipinski definition) is 6. The van der Waals surface area contributed by atoms with E-state index >= 15 is 0 Å². The standard InChI is InChI=1S/C24H31N3O6S/c1-4-25-24(29)18(2)26(16-19-9-6-5-7-10-19)23(28)11-8-14-27(34(3,30)31)20-12-13-21-22(15-20)33-17-32-21/h5-7,9-10,12-13,15,18H,4,8,11,14,16-17H2,1-3H3,(H,25,29)/t18-/m0/s1. The van der Waals surface area contributed by atoms with Gasteiger partial charge in [-0.1, -0.05) is 30.3 Å². The molecule has 1 aliphatic rings. The molecule has 1 heterocycles. The summed E-state index contributed by atoms with van der Waals surface area (Å²) in [6, 6.07) is 13.7. The number of anilines is 1. The third-order valence-corrected chi connectivity index (χ3v) is 6.70. The number of carbonyl (C=O) groups excluding carboxylic acids is 2. The molecule has 184 valence electrons. The summed E-state index contributed by atoms with van der Waals surface area (Å²) in [6.45, 7) is 4.47. The predicted octanol–water partition coefficient (Wildman–Crippen LogP) is 2.51. The van der Waals surface area contributed by atoms with Crippen LogP contribution in [0.5, 0.6) is 11.5 Å². The second kappa shape index (κ2) is 11.2. The lowest BCUT2D eigenvalue weighted by molar-refractivity contribution is -0.140. The van der Waals surface area contributed by atoms with Gasteiger partial charge in [0, 0.05) is 32.1 Å². The molecule has 0 radical (unpaired) electrons. The van der Waals surface area contributed by atoms with Crippen molar-refractivity contribution < 1.29 is 27.5 Å². The third kappa shape index (κ3) is 6.40. The Labute approximate surface area is 200 Å². The van der Waals surface area contributed by atoms with Gasteiger partial charge in [0.05, 0.1) is 11.9 Å². The molecule has 10 heteroatoms. The minimum absolute atomic E-state index is 0.0904. The number of hydrogen-bond donors (Lipinski definition) is 1. The van der Waals surface area contributed by atoms with Crippen LogP contribution >= 0.6 is 0 Å². The van der Waals surface area contributed by atoms with Crippen molar-refractivity contribution in [3.8, 4) is 11.5 Å². The first-order chi connectivity index (χ1) is 16.2. The lowest BCUT2D eigenvalue weighted by atomic mass is 10.1. The molecule has 1 atom stereocenters. The molecule has 2 aromatic rings. The zero-order chi connectivity index (χ0) is 24.7. The summed E-state index contributed by atoms with van der Waals surface area (Å²) in [5.74, 6) is 0.585. The largest absolute Gasteiger partial charge is 0.454 e. The lowest BCUT2D eigenvalue weighted by Crippen LogP contribution is -2.47. The van der Waals surface area contributed by atoms with Crippen LogP contribution in [0.25, 0.3) is 0 Å². The van der Waals surface area contributed by atoms with Gasteiger partial charge in [0.1, 0.15) is 6.04 Å². The molecule has 0 fully saturated rings. The summed E-state index contributed by atoms with van der Waals surface area (Å²) in [5, 5.41) is 2.76. The molecule has 0 saturated carbocycles. The Morgan fingerprint density at radius 2 is 1.79 bits per heavy atom. The van der Waals surface area contributed by atoms with Gasteiger partial charge in [-0.05, 0) is 38.0 Å². The zero-order valence-corrected chi connectivity index (χ0v) is 20.5. The average Bonchev–Trinajstić information content (AvgIpc) is 3.27. The van der Waals surface area contributed by atoms with Gasteiger partial charge in [-0.2, -0.15) is 0 Å². The summed E-state index contributed by atoms with van der Waals surface area (Å²) in [5.41, 5.74) is 1.35. The number of nitrogens with one attached hydrogen (secondary N) is 1. The monoisotopic (exact) mass is 489 g/mol. The van der Waals surface area contributed by atoms with E-state index in [1.54, 1.807) is 25.1 Å². The van der Waals surface area contributed by atoms with Gasteiger partial charge in [0.25, 0.3) is 0 Å². The first kappa shape index (κ1) is 25.4. The molecule has 0 saturated heterocycles. The summed E-state index contributed by atoms with van der Waals surface area (Å²) in [7, 11) is -3.59. The van der Waals surface area contributed by atoms with E-state index in [1.807, 2.05) is 37.3 Å². The molecule has 9 nitrogen and oxygen atoms in total. The van der Waals surface area contributed by atoms with E-state index in [1.165, 1.54) is 9.21 Å². The molecule has 0 bridgehead atoms. The average molecular weight is 490 g/mol. The number of carbonyl (C=O) groups is 2. The Hall–Kier alpha value is -3.27. The highest BCUT2D eigenvalue weighted by Crippen LogP contribution is 2.36. The number of ether oxygens (including phenoxy) is 2. The highest BCUT2D eigenvalue weighted by atomic mass is 32.2. The van der Waals surface area contributed by atoms with Crippen molar-refractivity contribution in [2.24, 2.45) is 0 Å². The molecule has 2 amide bonds. The van der Waals surface area contributed by atoms with E-state index in [2.05, 4.69) is 5.32 Å². The van der Waals surface area contributed by atoms with Crippen LogP contribution in [0.4, 0.5) is 5.69 Å². The molecule has 0 unspecified atom stereocenters. The molecule has 1 N–H and O–H groups in total. The summed E-state index contributed by atoms with van der Waals surface area (Å²) < 4.78 is 36.8. The number of sulfonamides is 1. The van der Waals surface area contributed by atoms with Crippen LogP contribution in [0.1, 0.15) is 32.3 Å². The number of benzene rings is 2. The minimum atomic E-state index is -3.59. The second-order valence-electron chi connectivity index (χ2n) is 8.05. The maximum absolute atomic E-state index is 13.2. The van der Waals surface area contributed by atoms with Crippen molar-refractivity contribution in [1.29, 1.82) is 0 Å². The Kier molecular flexibility index (Phi) is 8.38. The van der Waals surface area contributed by atoms with Gasteiger partial charge in [0.15, 0.2) is 11.5 Å². The minimum Gasteiger partial charge on any atom is -0.454 e. The summed E-state index contributed by atoms with van der Waals surface area (Å²) >= 11 is 0. The maximum Gasteiger partial charge on any atom is 0.242 e. The first-order valence-corrected chi connectivity index (χ1v) is 13.0. The number of nitrogens with zero attached hydrogens (tertiary/aromatic N) is 2. The predicted molar refractivity (Wildman–Crippen MR) is 129 cm³/mol. The van der Waals surface area contributed by atoms with Crippen LogP contribution in [-0.4, -0.2) is 57.3 Å². The quantitative estimate of drug-likeness (QED) is 0.520. The SMILES string of the molecule is CCNC(=O)[C@H](C)N(Cc1ccccc1)C(=O)CCCN(c1ccc2c(c1)OCO2)S(C)(=O)=O. The van der Waals surface area contributed by atoms with Gasteiger partial charge in [-0.25, -0.2) is 8.42 Å². The fourth-order valence-corrected chi connectivity index (χ4v) is 4.69. The molecule has 1 aliphatic heterocycles. The fourth-order valence-electron chi connectivity index (χ4n) is 3.73. The normalized spacial score (nSPS) is 13.3. The van der Waals surface area contributed by atoms with Gasteiger partial charge in [0.2, 0.25) is 28.6 Å². The second-order valence-corrected chi connectivity index (χ2v) is 9.96. The van der Waals surface area contributed by atoms with Gasteiger partial charge in [-0.15, -0.1) is 0 Å². The van der Waals surface area contributed by atoms with Gasteiger partial charge < -0.3 is 19.7 Å². The number of amides is 2. The lowest BCUT2D eigenvalue weighted by Gasteiger charge is -2.29. The Morgan fingerprint density at radius 3 is 2.47 bits per heavy atom. The van der Waals surface area contributed by atoms with Crippen LogP contribution < -0.4 is 19.1 Å². The molecule has 0 aromatic heterocycles. The Balaban J connectivity index is 1.70. The number of likely N-dealkylation sites (N-methyl/N-ethyl adjacent to an activating group) is 1. The molecule has 34 heavy (non-hydrogen) atoms. The van der Waals surface area contributed by atoms with Crippen molar-refractivity contribution in [2.75, 3.05) is 30.4 Å². The van der Waals surface area contributed by atoms with E-state index < -0.39 is 16.1 Å². The maximum atomic E-state index is 13.2. The third-order valence-electron chi connectivity index (χ3n) is 5.51. The highest BCUT2D eigenvalue weighted by molar-refractivity contribution is 7.92. The van der Waals surface area contributed by atoms with E-state index in [4.69, 9.17) is 9.47 Å². The molecule has 0 aliphatic carbocycles. The Morgan fingerprint density at radius 1 is 1.09 bits per heavy atom. The van der Waals surface area contributed by atoms with Crippen molar-refractivity contribution in [3.63, 3.8) is 0 Å². The smallest absolute Gasteiger partial charge is 0.242 e. The van der Waals surface area contributed by atoms with E-state index in [0.717, 1.165) is 11.8 Å². The molecule has 3 rings (SSSR count). The van der Waals surface area contributed by atoms with Crippen LogP contribution in [0, 0.1) is 0 Å². The van der Waals surface area contributed by atoms with E-state index in [0.29, 0.717) is 23.7 Å². The van der Waals surface area contributed by atoms with Crippen molar-refractivity contribution in [2.45, 2.75) is 39.3 Å². The topological polar surface area (TPSA) is 105 Å². The molecular formula is C24H31N3O6S. The van der Waals surface area contributed by atoms with Crippen LogP contribution in [0.15, 0.2) is 48.5 Å². The molecule has 2 aromatic carbocycles. The van der Waals surface area contributed by atoms with Crippen molar-refractivity contribution in [3.05, 3.63) is 54.1 Å². The molecular weight excluding hydrogens is 458 g/mol. The summed E-state index contributed by atoms with van der Waals surface area (Å²) in [6.07, 6.45) is 1.50. The van der Waals surface area contributed by atoms with Gasteiger partial charge in [-0.3, -0.25) is 13.9 Å². The van der Waals surface area contributed by atoms with Gasteiger partial charge >= 0.3 is 0 Å². The first-order valence-electron chi connectivity index (χ1n) is 11.2. The fraction of sp³-hybridized carbons (Fsp3) is 0.417. The van der Waals surface area contributed by atoms with E-state index in [9.17, 15) is 18.0 Å². The van der Waals surface area contributed by atoms with Crippen LogP contribution in [0.3, 0.4) is 0 Å². The van der Waals surface area contributed by atoms with Crippen LogP contribution in [-0.2, 0) is 26.2 Å². The number of rotatable bonds is 11. The number of fused-ring (bicyclic) bond motifs is 1. The van der Waals surface area contributed by atoms with Crippen LogP contribution in [0.2, 0.25) is 0 Å². The summed E-state index contributed by atoms with van der Waals surface area (Å²) in [4.78, 5) is 27.1. The highest BCUT2D eigenvalue weighted by Gasteiger charge is 2.27. The zero-order valence-electron chi connectivity index (χ0n) is 19.7. The molecule has 0 spiro atoms. The Bertz CT molecular complexity index is 1110.